The van der Waals surface area contributed by atoms with Crippen LogP contribution in [0.15, 0.2) is 42.5 Å². The molecule has 4 rings (SSSR count). The van der Waals surface area contributed by atoms with Crippen LogP contribution >= 0.6 is 11.6 Å². The maximum atomic E-state index is 13.2. The van der Waals surface area contributed by atoms with Crippen molar-refractivity contribution in [1.29, 1.82) is 0 Å². The Kier molecular flexibility index (Phi) is 6.23. The first-order valence-corrected chi connectivity index (χ1v) is 10.7. The van der Waals surface area contributed by atoms with Crippen molar-refractivity contribution in [2.75, 3.05) is 32.7 Å². The van der Waals surface area contributed by atoms with Crippen LogP contribution in [0.2, 0.25) is 5.02 Å². The van der Waals surface area contributed by atoms with Crippen molar-refractivity contribution in [2.45, 2.75) is 12.8 Å². The molecule has 2 aromatic carbocycles. The van der Waals surface area contributed by atoms with Gasteiger partial charge in [0.05, 0.1) is 21.7 Å². The number of carbonyl (C=O) groups is 4. The summed E-state index contributed by atoms with van der Waals surface area (Å²) in [5, 5.41) is 0.0571. The van der Waals surface area contributed by atoms with Gasteiger partial charge in [0.25, 0.3) is 17.7 Å². The summed E-state index contributed by atoms with van der Waals surface area (Å²) in [6.07, 6.45) is 0.569. The highest BCUT2D eigenvalue weighted by Gasteiger charge is 2.34. The third-order valence-corrected chi connectivity index (χ3v) is 6.04. The van der Waals surface area contributed by atoms with Crippen LogP contribution in [0, 0.1) is 5.82 Å². The maximum absolute atomic E-state index is 13.2. The summed E-state index contributed by atoms with van der Waals surface area (Å²) in [5.74, 6) is -1.56. The topological polar surface area (TPSA) is 78.0 Å². The fraction of sp³-hybridized carbons (Fsp3) is 0.304. The molecule has 4 amide bonds. The van der Waals surface area contributed by atoms with E-state index < -0.39 is 5.82 Å². The highest BCUT2D eigenvalue weighted by atomic mass is 35.5. The van der Waals surface area contributed by atoms with Crippen molar-refractivity contribution in [1.82, 2.24) is 14.7 Å². The zero-order valence-corrected chi connectivity index (χ0v) is 18.0. The lowest BCUT2D eigenvalue weighted by Gasteiger charge is -2.35. The normalized spacial score (nSPS) is 15.9. The molecular weight excluding hydrogens is 437 g/mol. The number of hydrogen-bond acceptors (Lipinski definition) is 4. The SMILES string of the molecule is O=C(CCCN1C(=O)c2ccccc2C1=O)N1CCN(C(=O)c2ccc(F)cc2Cl)CC1. The smallest absolute Gasteiger partial charge is 0.261 e. The molecule has 2 aliphatic rings. The largest absolute Gasteiger partial charge is 0.339 e. The molecule has 0 saturated carbocycles. The van der Waals surface area contributed by atoms with Crippen molar-refractivity contribution in [2.24, 2.45) is 0 Å². The first-order chi connectivity index (χ1) is 15.4. The van der Waals surface area contributed by atoms with Gasteiger partial charge in [-0.3, -0.25) is 24.1 Å². The van der Waals surface area contributed by atoms with Crippen molar-refractivity contribution in [3.63, 3.8) is 0 Å². The summed E-state index contributed by atoms with van der Waals surface area (Å²) in [5.41, 5.74) is 1.02. The second kappa shape index (κ2) is 9.08. The Morgan fingerprint density at radius 1 is 0.906 bits per heavy atom. The summed E-state index contributed by atoms with van der Waals surface area (Å²) in [6, 6.07) is 10.3. The Balaban J connectivity index is 1.25. The number of amides is 4. The molecule has 166 valence electrons. The lowest BCUT2D eigenvalue weighted by Crippen LogP contribution is -2.50. The number of piperazine rings is 1. The molecule has 2 heterocycles. The third kappa shape index (κ3) is 4.23. The van der Waals surface area contributed by atoms with E-state index in [4.69, 9.17) is 11.6 Å². The molecule has 0 bridgehead atoms. The molecule has 0 spiro atoms. The summed E-state index contributed by atoms with van der Waals surface area (Å²) < 4.78 is 13.2. The minimum Gasteiger partial charge on any atom is -0.339 e. The number of fused-ring (bicyclic) bond motifs is 1. The monoisotopic (exact) mass is 457 g/mol. The quantitative estimate of drug-likeness (QED) is 0.647. The van der Waals surface area contributed by atoms with E-state index in [1.807, 2.05) is 0 Å². The fourth-order valence-electron chi connectivity index (χ4n) is 3.98. The van der Waals surface area contributed by atoms with E-state index in [2.05, 4.69) is 0 Å². The van der Waals surface area contributed by atoms with Crippen molar-refractivity contribution >= 4 is 35.2 Å². The highest BCUT2D eigenvalue weighted by molar-refractivity contribution is 6.33. The number of halogens is 2. The standard InChI is InChI=1S/C23H21ClFN3O4/c24-19-14-15(25)7-8-18(19)21(30)27-12-10-26(11-13-27)20(29)6-3-9-28-22(31)16-4-1-2-5-17(16)23(28)32/h1-2,4-5,7-8,14H,3,6,9-13H2. The molecule has 1 fully saturated rings. The van der Waals surface area contributed by atoms with E-state index in [0.717, 1.165) is 6.07 Å². The van der Waals surface area contributed by atoms with Crippen LogP contribution < -0.4 is 0 Å². The van der Waals surface area contributed by atoms with E-state index >= 15 is 0 Å². The molecular formula is C23H21ClFN3O4. The Hall–Kier alpha value is -3.26. The molecule has 7 nitrogen and oxygen atoms in total. The van der Waals surface area contributed by atoms with E-state index in [-0.39, 0.29) is 47.2 Å². The molecule has 0 aliphatic carbocycles. The van der Waals surface area contributed by atoms with Crippen LogP contribution in [0.1, 0.15) is 43.9 Å². The fourth-order valence-corrected chi connectivity index (χ4v) is 4.23. The predicted molar refractivity (Wildman–Crippen MR) is 115 cm³/mol. The Bertz CT molecular complexity index is 1060. The number of rotatable bonds is 5. The maximum Gasteiger partial charge on any atom is 0.261 e. The van der Waals surface area contributed by atoms with Gasteiger partial charge in [0.1, 0.15) is 5.82 Å². The first-order valence-electron chi connectivity index (χ1n) is 10.3. The van der Waals surface area contributed by atoms with Gasteiger partial charge < -0.3 is 9.80 Å². The van der Waals surface area contributed by atoms with Gasteiger partial charge in [-0.05, 0) is 36.8 Å². The van der Waals surface area contributed by atoms with Crippen molar-refractivity contribution < 1.29 is 23.6 Å². The Morgan fingerprint density at radius 3 is 2.09 bits per heavy atom. The second-order valence-corrected chi connectivity index (χ2v) is 8.12. The highest BCUT2D eigenvalue weighted by Crippen LogP contribution is 2.23. The molecule has 0 aromatic heterocycles. The van der Waals surface area contributed by atoms with Crippen LogP contribution in [0.4, 0.5) is 4.39 Å². The summed E-state index contributed by atoms with van der Waals surface area (Å²) in [7, 11) is 0. The van der Waals surface area contributed by atoms with Gasteiger partial charge in [-0.2, -0.15) is 0 Å². The summed E-state index contributed by atoms with van der Waals surface area (Å²) in [4.78, 5) is 54.4. The second-order valence-electron chi connectivity index (χ2n) is 7.71. The molecule has 0 N–H and O–H groups in total. The lowest BCUT2D eigenvalue weighted by atomic mass is 10.1. The van der Waals surface area contributed by atoms with Crippen molar-refractivity contribution in [3.8, 4) is 0 Å². The third-order valence-electron chi connectivity index (χ3n) is 5.73. The Morgan fingerprint density at radius 2 is 1.50 bits per heavy atom. The van der Waals surface area contributed by atoms with E-state index in [9.17, 15) is 23.6 Å². The van der Waals surface area contributed by atoms with Crippen LogP contribution in [0.25, 0.3) is 0 Å². The van der Waals surface area contributed by atoms with E-state index in [1.54, 1.807) is 34.1 Å². The molecule has 0 unspecified atom stereocenters. The predicted octanol–water partition coefficient (Wildman–Crippen LogP) is 2.84. The van der Waals surface area contributed by atoms with Gasteiger partial charge in [0, 0.05) is 39.1 Å². The zero-order valence-electron chi connectivity index (χ0n) is 17.2. The van der Waals surface area contributed by atoms with Crippen molar-refractivity contribution in [3.05, 3.63) is 70.0 Å². The van der Waals surface area contributed by atoms with Gasteiger partial charge in [0.15, 0.2) is 0 Å². The number of carbonyl (C=O) groups excluding carboxylic acids is 4. The molecule has 32 heavy (non-hydrogen) atoms. The molecule has 1 saturated heterocycles. The van der Waals surface area contributed by atoms with E-state index in [1.165, 1.54) is 17.0 Å². The van der Waals surface area contributed by atoms with Gasteiger partial charge >= 0.3 is 0 Å². The van der Waals surface area contributed by atoms with Crippen LogP contribution in [0.5, 0.6) is 0 Å². The van der Waals surface area contributed by atoms with Gasteiger partial charge in [-0.1, -0.05) is 23.7 Å². The molecule has 2 aliphatic heterocycles. The molecule has 9 heteroatoms. The Labute approximate surface area is 189 Å². The average molecular weight is 458 g/mol. The number of nitrogens with zero attached hydrogens (tertiary/aromatic N) is 3. The first kappa shape index (κ1) is 22.0. The van der Waals surface area contributed by atoms with Gasteiger partial charge in [-0.25, -0.2) is 4.39 Å². The van der Waals surface area contributed by atoms with Gasteiger partial charge in [0.2, 0.25) is 5.91 Å². The molecule has 2 aromatic rings. The van der Waals surface area contributed by atoms with E-state index in [0.29, 0.717) is 43.7 Å². The minimum absolute atomic E-state index is 0.0571. The molecule has 0 radical (unpaired) electrons. The number of benzene rings is 2. The zero-order chi connectivity index (χ0) is 22.8. The van der Waals surface area contributed by atoms with Crippen LogP contribution in [-0.2, 0) is 4.79 Å². The lowest BCUT2D eigenvalue weighted by molar-refractivity contribution is -0.132. The summed E-state index contributed by atoms with van der Waals surface area (Å²) >= 11 is 5.98. The van der Waals surface area contributed by atoms with Gasteiger partial charge in [-0.15, -0.1) is 0 Å². The minimum atomic E-state index is -0.511. The molecule has 0 atom stereocenters. The van der Waals surface area contributed by atoms with Crippen LogP contribution in [-0.4, -0.2) is 71.1 Å². The van der Waals surface area contributed by atoms with Crippen LogP contribution in [0.3, 0.4) is 0 Å². The number of imide groups is 1. The average Bonchev–Trinajstić information content (AvgIpc) is 3.04. The number of hydrogen-bond donors (Lipinski definition) is 0. The summed E-state index contributed by atoms with van der Waals surface area (Å²) in [6.45, 7) is 1.61.